The normalized spacial score (nSPS) is 12.2. The first-order valence-electron chi connectivity index (χ1n) is 4.17. The van der Waals surface area contributed by atoms with Crippen molar-refractivity contribution in [3.8, 4) is 0 Å². The average Bonchev–Trinajstić information content (AvgIpc) is 2.28. The fourth-order valence-electron chi connectivity index (χ4n) is 1.24. The van der Waals surface area contributed by atoms with Gasteiger partial charge in [-0.2, -0.15) is 5.10 Å². The Morgan fingerprint density at radius 1 is 1.38 bits per heavy atom. The number of hydrogen-bond donors (Lipinski definition) is 0. The maximum atomic E-state index is 6.12. The molecule has 13 heavy (non-hydrogen) atoms. The number of nitrogens with zero attached hydrogens (tertiary/aromatic N) is 2. The molecular formula is C9H15ClN2S. The van der Waals surface area contributed by atoms with Crippen molar-refractivity contribution in [2.24, 2.45) is 0 Å². The van der Waals surface area contributed by atoms with Crippen molar-refractivity contribution < 1.29 is 0 Å². The second-order valence-corrected chi connectivity index (χ2v) is 5.16. The smallest absolute Gasteiger partial charge is 0.137 e. The second kappa shape index (κ2) is 3.54. The molecule has 0 unspecified atom stereocenters. The van der Waals surface area contributed by atoms with Crippen molar-refractivity contribution in [1.82, 2.24) is 9.78 Å². The minimum absolute atomic E-state index is 0.00169. The third kappa shape index (κ3) is 2.02. The van der Waals surface area contributed by atoms with E-state index >= 15 is 0 Å². The Morgan fingerprint density at radius 3 is 2.15 bits per heavy atom. The van der Waals surface area contributed by atoms with Crippen molar-refractivity contribution in [3.63, 3.8) is 0 Å². The highest BCUT2D eigenvalue weighted by atomic mass is 35.5. The predicted molar refractivity (Wildman–Crippen MR) is 58.8 cm³/mol. The molecule has 1 heterocycles. The van der Waals surface area contributed by atoms with E-state index in [1.165, 1.54) is 0 Å². The van der Waals surface area contributed by atoms with Crippen molar-refractivity contribution in [2.45, 2.75) is 38.3 Å². The van der Waals surface area contributed by atoms with Crippen LogP contribution in [0.5, 0.6) is 0 Å². The van der Waals surface area contributed by atoms with Gasteiger partial charge in [0.05, 0.1) is 16.3 Å². The van der Waals surface area contributed by atoms with E-state index in [9.17, 15) is 0 Å². The summed E-state index contributed by atoms with van der Waals surface area (Å²) in [5.41, 5.74) is 1.04. The highest BCUT2D eigenvalue weighted by Gasteiger charge is 2.20. The van der Waals surface area contributed by atoms with Gasteiger partial charge in [0.2, 0.25) is 0 Å². The summed E-state index contributed by atoms with van der Waals surface area (Å²) in [6.07, 6.45) is 1.99. The van der Waals surface area contributed by atoms with Gasteiger partial charge in [0.1, 0.15) is 5.03 Å². The second-order valence-electron chi connectivity index (χ2n) is 3.99. The lowest BCUT2D eigenvalue weighted by atomic mass is 10.1. The number of rotatable bonds is 1. The Hall–Kier alpha value is -0.150. The van der Waals surface area contributed by atoms with Crippen LogP contribution in [0.3, 0.4) is 0 Å². The van der Waals surface area contributed by atoms with Gasteiger partial charge in [-0.05, 0) is 34.0 Å². The number of hydrogen-bond acceptors (Lipinski definition) is 2. The molecular weight excluding hydrogens is 204 g/mol. The molecule has 0 aliphatic rings. The zero-order valence-corrected chi connectivity index (χ0v) is 10.3. The first-order chi connectivity index (χ1) is 5.88. The van der Waals surface area contributed by atoms with Crippen molar-refractivity contribution >= 4 is 23.4 Å². The van der Waals surface area contributed by atoms with Gasteiger partial charge in [0.15, 0.2) is 0 Å². The molecule has 1 aromatic rings. The van der Waals surface area contributed by atoms with E-state index in [1.54, 1.807) is 11.8 Å². The molecule has 2 nitrogen and oxygen atoms in total. The van der Waals surface area contributed by atoms with Gasteiger partial charge in [-0.1, -0.05) is 11.6 Å². The van der Waals surface area contributed by atoms with E-state index in [4.69, 9.17) is 11.6 Å². The molecule has 0 fully saturated rings. The van der Waals surface area contributed by atoms with Crippen molar-refractivity contribution in [3.05, 3.63) is 10.7 Å². The molecule has 0 spiro atoms. The van der Waals surface area contributed by atoms with Crippen LogP contribution in [0.25, 0.3) is 0 Å². The first-order valence-corrected chi connectivity index (χ1v) is 5.77. The van der Waals surface area contributed by atoms with Gasteiger partial charge in [-0.3, -0.25) is 4.68 Å². The van der Waals surface area contributed by atoms with Gasteiger partial charge in [-0.25, -0.2) is 0 Å². The summed E-state index contributed by atoms with van der Waals surface area (Å²) in [6, 6.07) is 0. The van der Waals surface area contributed by atoms with Crippen LogP contribution in [0.1, 0.15) is 26.5 Å². The van der Waals surface area contributed by atoms with Crippen LogP contribution in [0.15, 0.2) is 5.03 Å². The Balaban J connectivity index is 3.25. The van der Waals surface area contributed by atoms with Crippen LogP contribution in [-0.4, -0.2) is 16.0 Å². The highest BCUT2D eigenvalue weighted by molar-refractivity contribution is 7.98. The van der Waals surface area contributed by atoms with Crippen LogP contribution in [0, 0.1) is 6.92 Å². The Morgan fingerprint density at radius 2 is 1.92 bits per heavy atom. The summed E-state index contributed by atoms with van der Waals surface area (Å²) in [5, 5.41) is 6.14. The van der Waals surface area contributed by atoms with E-state index in [2.05, 4.69) is 25.9 Å². The SMILES string of the molecule is CSc1nn(C(C)(C)C)c(C)c1Cl. The fourth-order valence-corrected chi connectivity index (χ4v) is 2.08. The Bertz CT molecular complexity index is 312. The third-order valence-electron chi connectivity index (χ3n) is 1.84. The molecule has 1 rings (SSSR count). The van der Waals surface area contributed by atoms with E-state index in [0.29, 0.717) is 0 Å². The van der Waals surface area contributed by atoms with Crippen LogP contribution >= 0.6 is 23.4 Å². The molecule has 0 aromatic carbocycles. The maximum absolute atomic E-state index is 6.12. The molecule has 0 aliphatic heterocycles. The molecule has 0 saturated heterocycles. The third-order valence-corrected chi connectivity index (χ3v) is 3.08. The Kier molecular flexibility index (Phi) is 2.98. The van der Waals surface area contributed by atoms with Gasteiger partial charge in [-0.15, -0.1) is 11.8 Å². The maximum Gasteiger partial charge on any atom is 0.137 e. The zero-order chi connectivity index (χ0) is 10.2. The lowest BCUT2D eigenvalue weighted by Gasteiger charge is -2.21. The van der Waals surface area contributed by atoms with Crippen molar-refractivity contribution in [2.75, 3.05) is 6.26 Å². The van der Waals surface area contributed by atoms with Crippen molar-refractivity contribution in [1.29, 1.82) is 0 Å². The minimum atomic E-state index is 0.00169. The van der Waals surface area contributed by atoms with E-state index in [1.807, 2.05) is 17.9 Å². The average molecular weight is 219 g/mol. The molecule has 0 bridgehead atoms. The lowest BCUT2D eigenvalue weighted by molar-refractivity contribution is 0.343. The molecule has 0 aliphatic carbocycles. The molecule has 1 aromatic heterocycles. The molecule has 0 saturated carbocycles. The number of aromatic nitrogens is 2. The quantitative estimate of drug-likeness (QED) is 0.673. The molecule has 0 atom stereocenters. The molecule has 0 radical (unpaired) electrons. The van der Waals surface area contributed by atoms with Crippen LogP contribution in [0.4, 0.5) is 0 Å². The van der Waals surface area contributed by atoms with Gasteiger partial charge >= 0.3 is 0 Å². The summed E-state index contributed by atoms with van der Waals surface area (Å²) in [4.78, 5) is 0. The first kappa shape index (κ1) is 10.9. The summed E-state index contributed by atoms with van der Waals surface area (Å²) < 4.78 is 1.97. The van der Waals surface area contributed by atoms with Gasteiger partial charge in [0.25, 0.3) is 0 Å². The number of halogens is 1. The monoisotopic (exact) mass is 218 g/mol. The minimum Gasteiger partial charge on any atom is -0.262 e. The number of thioether (sulfide) groups is 1. The van der Waals surface area contributed by atoms with Gasteiger partial charge < -0.3 is 0 Å². The van der Waals surface area contributed by atoms with E-state index < -0.39 is 0 Å². The van der Waals surface area contributed by atoms with Crippen LogP contribution in [0.2, 0.25) is 5.02 Å². The molecule has 4 heteroatoms. The zero-order valence-electron chi connectivity index (χ0n) is 8.68. The molecule has 0 N–H and O–H groups in total. The molecule has 0 amide bonds. The lowest BCUT2D eigenvalue weighted by Crippen LogP contribution is -2.24. The largest absolute Gasteiger partial charge is 0.262 e. The summed E-state index contributed by atoms with van der Waals surface area (Å²) >= 11 is 7.70. The molecule has 74 valence electrons. The standard InChI is InChI=1S/C9H15ClN2S/c1-6-7(10)8(13-5)11-12(6)9(2,3)4/h1-5H3. The van der Waals surface area contributed by atoms with Crippen LogP contribution < -0.4 is 0 Å². The summed E-state index contributed by atoms with van der Waals surface area (Å²) in [6.45, 7) is 8.36. The highest BCUT2D eigenvalue weighted by Crippen LogP contribution is 2.30. The van der Waals surface area contributed by atoms with E-state index in [-0.39, 0.29) is 5.54 Å². The predicted octanol–water partition coefficient (Wildman–Crippen LogP) is 3.32. The fraction of sp³-hybridized carbons (Fsp3) is 0.667. The van der Waals surface area contributed by atoms with Gasteiger partial charge in [0, 0.05) is 0 Å². The topological polar surface area (TPSA) is 17.8 Å². The van der Waals surface area contributed by atoms with Crippen LogP contribution in [-0.2, 0) is 5.54 Å². The Labute approximate surface area is 88.7 Å². The summed E-state index contributed by atoms with van der Waals surface area (Å²) in [7, 11) is 0. The van der Waals surface area contributed by atoms with E-state index in [0.717, 1.165) is 15.7 Å². The summed E-state index contributed by atoms with van der Waals surface area (Å²) in [5.74, 6) is 0.